The van der Waals surface area contributed by atoms with Crippen molar-refractivity contribution in [2.75, 3.05) is 7.11 Å². The molecular weight excluding hydrogens is 442 g/mol. The van der Waals surface area contributed by atoms with Crippen molar-refractivity contribution >= 4 is 45.4 Å². The van der Waals surface area contributed by atoms with Crippen molar-refractivity contribution in [2.24, 2.45) is 4.99 Å². The molecule has 1 amide bonds. The zero-order chi connectivity index (χ0) is 23.8. The number of thioether (sulfide) groups is 1. The second-order valence-electron chi connectivity index (χ2n) is 8.35. The molecule has 0 unspecified atom stereocenters. The Labute approximate surface area is 203 Å². The summed E-state index contributed by atoms with van der Waals surface area (Å²) in [4.78, 5) is 17.9. The number of amidine groups is 1. The number of benzene rings is 3. The lowest BCUT2D eigenvalue weighted by Gasteiger charge is -2.11. The molecule has 1 aliphatic rings. The maximum absolute atomic E-state index is 12.7. The number of aliphatic imine (C=N–C) groups is 1. The van der Waals surface area contributed by atoms with E-state index in [0.29, 0.717) is 21.5 Å². The second-order valence-corrected chi connectivity index (χ2v) is 9.38. The van der Waals surface area contributed by atoms with Crippen LogP contribution < -0.4 is 10.1 Å². The summed E-state index contributed by atoms with van der Waals surface area (Å²) in [7, 11) is 1.62. The highest BCUT2D eigenvalue weighted by molar-refractivity contribution is 8.18. The van der Waals surface area contributed by atoms with Crippen LogP contribution in [0, 0.1) is 20.8 Å². The van der Waals surface area contributed by atoms with Crippen LogP contribution in [0.25, 0.3) is 22.5 Å². The van der Waals surface area contributed by atoms with E-state index in [0.717, 1.165) is 28.2 Å². The summed E-state index contributed by atoms with van der Waals surface area (Å²) >= 11 is 1.34. The van der Waals surface area contributed by atoms with Gasteiger partial charge in [-0.3, -0.25) is 4.79 Å². The largest absolute Gasteiger partial charge is 0.494 e. The summed E-state index contributed by atoms with van der Waals surface area (Å²) < 4.78 is 7.64. The molecule has 4 aromatic rings. The minimum Gasteiger partial charge on any atom is -0.494 e. The molecule has 1 N–H and O–H groups in total. The van der Waals surface area contributed by atoms with Gasteiger partial charge in [0.15, 0.2) is 5.17 Å². The molecule has 1 aliphatic heterocycles. The molecule has 0 saturated carbocycles. The lowest BCUT2D eigenvalue weighted by atomic mass is 10.1. The van der Waals surface area contributed by atoms with Gasteiger partial charge in [0.2, 0.25) is 0 Å². The van der Waals surface area contributed by atoms with Crippen LogP contribution in [-0.2, 0) is 4.79 Å². The van der Waals surface area contributed by atoms with Crippen molar-refractivity contribution in [3.63, 3.8) is 0 Å². The Hall–Kier alpha value is -3.77. The number of hydrogen-bond acceptors (Lipinski definition) is 4. The van der Waals surface area contributed by atoms with Crippen molar-refractivity contribution in [2.45, 2.75) is 20.8 Å². The number of methoxy groups -OCH3 is 1. The minimum atomic E-state index is -0.147. The predicted molar refractivity (Wildman–Crippen MR) is 141 cm³/mol. The van der Waals surface area contributed by atoms with Crippen LogP contribution in [0.4, 0.5) is 5.69 Å². The van der Waals surface area contributed by atoms with Gasteiger partial charge < -0.3 is 14.6 Å². The summed E-state index contributed by atoms with van der Waals surface area (Å²) in [6, 6.07) is 22.7. The molecule has 0 aliphatic carbocycles. The van der Waals surface area contributed by atoms with E-state index in [1.54, 1.807) is 7.11 Å². The minimum absolute atomic E-state index is 0.147. The van der Waals surface area contributed by atoms with Gasteiger partial charge in [0.1, 0.15) is 11.4 Å². The maximum atomic E-state index is 12.7. The quantitative estimate of drug-likeness (QED) is 0.351. The average molecular weight is 468 g/mol. The number of fused-ring (bicyclic) bond motifs is 1. The SMILES string of the molecule is COc1ccc(C)cc1N=C1NC(=O)/C(=C/c2cc(C)n(-c3ccc4ccccc4c3)c2C)S1. The number of ether oxygens (including phenoxy) is 1. The number of nitrogens with one attached hydrogen (secondary N) is 1. The van der Waals surface area contributed by atoms with Gasteiger partial charge in [-0.15, -0.1) is 0 Å². The van der Waals surface area contributed by atoms with Gasteiger partial charge in [-0.2, -0.15) is 0 Å². The van der Waals surface area contributed by atoms with Crippen molar-refractivity contribution in [3.8, 4) is 11.4 Å². The summed E-state index contributed by atoms with van der Waals surface area (Å²) in [6.45, 7) is 6.17. The van der Waals surface area contributed by atoms with Crippen molar-refractivity contribution in [1.29, 1.82) is 0 Å². The van der Waals surface area contributed by atoms with E-state index < -0.39 is 0 Å². The van der Waals surface area contributed by atoms with Crippen LogP contribution >= 0.6 is 11.8 Å². The Morgan fingerprint density at radius 2 is 1.76 bits per heavy atom. The predicted octanol–water partition coefficient (Wildman–Crippen LogP) is 6.46. The third-order valence-corrected chi connectivity index (χ3v) is 6.87. The van der Waals surface area contributed by atoms with Gasteiger partial charge in [-0.05, 0) is 90.8 Å². The van der Waals surface area contributed by atoms with Crippen LogP contribution in [-0.4, -0.2) is 22.8 Å². The first kappa shape index (κ1) is 22.0. The number of aryl methyl sites for hydroxylation is 2. The number of nitrogens with zero attached hydrogens (tertiary/aromatic N) is 2. The average Bonchev–Trinajstić information content (AvgIpc) is 3.31. The van der Waals surface area contributed by atoms with Crippen LogP contribution in [0.15, 0.2) is 76.6 Å². The zero-order valence-corrected chi connectivity index (χ0v) is 20.4. The third-order valence-electron chi connectivity index (χ3n) is 5.96. The van der Waals surface area contributed by atoms with E-state index in [9.17, 15) is 4.79 Å². The number of carbonyl (C=O) groups excluding carboxylic acids is 1. The summed E-state index contributed by atoms with van der Waals surface area (Å²) in [5.74, 6) is 0.523. The van der Waals surface area contributed by atoms with E-state index in [4.69, 9.17) is 4.74 Å². The van der Waals surface area contributed by atoms with E-state index in [1.165, 1.54) is 22.5 Å². The fraction of sp³-hybridized carbons (Fsp3) is 0.143. The third kappa shape index (κ3) is 4.13. The molecule has 0 atom stereocenters. The zero-order valence-electron chi connectivity index (χ0n) is 19.5. The van der Waals surface area contributed by atoms with Gasteiger partial charge in [0.05, 0.1) is 12.0 Å². The van der Waals surface area contributed by atoms with E-state index >= 15 is 0 Å². The fourth-order valence-electron chi connectivity index (χ4n) is 4.27. The monoisotopic (exact) mass is 467 g/mol. The lowest BCUT2D eigenvalue weighted by Crippen LogP contribution is -2.19. The molecule has 0 radical (unpaired) electrons. The molecular formula is C28H25N3O2S. The standard InChI is InChI=1S/C28H25N3O2S/c1-17-9-12-25(33-4)24(13-17)29-28-30-27(32)26(34-28)16-22-14-18(2)31(19(22)3)23-11-10-20-7-5-6-8-21(20)15-23/h5-16H,1-4H3,(H,29,30,32)/b26-16-. The van der Waals surface area contributed by atoms with Gasteiger partial charge in [0.25, 0.3) is 5.91 Å². The summed E-state index contributed by atoms with van der Waals surface area (Å²) in [6.07, 6.45) is 1.94. The Morgan fingerprint density at radius 3 is 2.56 bits per heavy atom. The first-order chi connectivity index (χ1) is 16.4. The maximum Gasteiger partial charge on any atom is 0.264 e. The Bertz CT molecular complexity index is 1500. The highest BCUT2D eigenvalue weighted by atomic mass is 32.2. The van der Waals surface area contributed by atoms with Crippen LogP contribution in [0.2, 0.25) is 0 Å². The van der Waals surface area contributed by atoms with Crippen molar-refractivity contribution < 1.29 is 9.53 Å². The highest BCUT2D eigenvalue weighted by Gasteiger charge is 2.25. The number of aromatic nitrogens is 1. The first-order valence-corrected chi connectivity index (χ1v) is 11.9. The second kappa shape index (κ2) is 8.88. The molecule has 6 heteroatoms. The lowest BCUT2D eigenvalue weighted by molar-refractivity contribution is -0.115. The van der Waals surface area contributed by atoms with E-state index in [-0.39, 0.29) is 5.91 Å². The summed E-state index contributed by atoms with van der Waals surface area (Å²) in [5, 5.41) is 5.84. The molecule has 5 nitrogen and oxygen atoms in total. The molecule has 1 aromatic heterocycles. The Morgan fingerprint density at radius 1 is 0.971 bits per heavy atom. The van der Waals surface area contributed by atoms with Gasteiger partial charge in [-0.1, -0.05) is 36.4 Å². The number of rotatable bonds is 4. The van der Waals surface area contributed by atoms with Gasteiger partial charge >= 0.3 is 0 Å². The Balaban J connectivity index is 1.47. The molecule has 170 valence electrons. The smallest absolute Gasteiger partial charge is 0.264 e. The Kier molecular flexibility index (Phi) is 5.75. The van der Waals surface area contributed by atoms with Crippen LogP contribution in [0.1, 0.15) is 22.5 Å². The topological polar surface area (TPSA) is 55.6 Å². The molecule has 0 bridgehead atoms. The van der Waals surface area contributed by atoms with E-state index in [1.807, 2.05) is 31.2 Å². The van der Waals surface area contributed by atoms with Crippen LogP contribution in [0.5, 0.6) is 5.75 Å². The highest BCUT2D eigenvalue weighted by Crippen LogP contribution is 2.34. The van der Waals surface area contributed by atoms with E-state index in [2.05, 4.69) is 77.3 Å². The van der Waals surface area contributed by atoms with Crippen molar-refractivity contribution in [3.05, 3.63) is 94.1 Å². The van der Waals surface area contributed by atoms with Crippen molar-refractivity contribution in [1.82, 2.24) is 9.88 Å². The normalized spacial score (nSPS) is 15.9. The molecule has 5 rings (SSSR count). The number of carbonyl (C=O) groups is 1. The molecule has 34 heavy (non-hydrogen) atoms. The van der Waals surface area contributed by atoms with Gasteiger partial charge in [-0.25, -0.2) is 4.99 Å². The van der Waals surface area contributed by atoms with Crippen LogP contribution in [0.3, 0.4) is 0 Å². The fourth-order valence-corrected chi connectivity index (χ4v) is 5.09. The molecule has 1 saturated heterocycles. The molecule has 3 aromatic carbocycles. The molecule has 1 fully saturated rings. The number of hydrogen-bond donors (Lipinski definition) is 1. The molecule has 0 spiro atoms. The first-order valence-electron chi connectivity index (χ1n) is 11.1. The summed E-state index contributed by atoms with van der Waals surface area (Å²) in [5.41, 5.74) is 6.08. The number of amides is 1. The molecule has 2 heterocycles. The van der Waals surface area contributed by atoms with Gasteiger partial charge in [0, 0.05) is 17.1 Å².